The summed E-state index contributed by atoms with van der Waals surface area (Å²) in [6.07, 6.45) is 2.90. The molecule has 0 aliphatic rings. The summed E-state index contributed by atoms with van der Waals surface area (Å²) >= 11 is 0. The van der Waals surface area contributed by atoms with Crippen molar-refractivity contribution in [3.63, 3.8) is 0 Å². The van der Waals surface area contributed by atoms with Gasteiger partial charge in [0.1, 0.15) is 18.2 Å². The Balaban J connectivity index is 1.96. The quantitative estimate of drug-likeness (QED) is 0.414. The van der Waals surface area contributed by atoms with E-state index in [1.54, 1.807) is 28.8 Å². The third kappa shape index (κ3) is 3.40. The van der Waals surface area contributed by atoms with Crippen LogP contribution in [0.15, 0.2) is 59.9 Å². The third-order valence-corrected chi connectivity index (χ3v) is 3.39. The van der Waals surface area contributed by atoms with E-state index in [2.05, 4.69) is 9.98 Å². The standard InChI is InChI=1S/C17H10FN5O2/c18-13-3-7-14(8-4-13)22-11-21-16(9-19)17(22)20-10-12-1-5-15(6-2-12)23(24)25/h1-8,10-11H. The molecule has 0 spiro atoms. The maximum atomic E-state index is 13.1. The van der Waals surface area contributed by atoms with Gasteiger partial charge in [0.2, 0.25) is 0 Å². The van der Waals surface area contributed by atoms with Crippen molar-refractivity contribution in [3.05, 3.63) is 82.0 Å². The molecule has 0 unspecified atom stereocenters. The first-order valence-corrected chi connectivity index (χ1v) is 7.10. The summed E-state index contributed by atoms with van der Waals surface area (Å²) < 4.78 is 14.6. The molecule has 0 radical (unpaired) electrons. The number of non-ortho nitro benzene ring substituents is 1. The molecule has 0 N–H and O–H groups in total. The lowest BCUT2D eigenvalue weighted by Gasteiger charge is -2.04. The summed E-state index contributed by atoms with van der Waals surface area (Å²) in [5.41, 5.74) is 1.32. The summed E-state index contributed by atoms with van der Waals surface area (Å²) in [4.78, 5) is 18.4. The molecular formula is C17H10FN5O2. The molecule has 0 amide bonds. The van der Waals surface area contributed by atoms with Gasteiger partial charge in [-0.1, -0.05) is 0 Å². The molecule has 0 bridgehead atoms. The van der Waals surface area contributed by atoms with Gasteiger partial charge in [-0.15, -0.1) is 0 Å². The Bertz CT molecular complexity index is 985. The molecular weight excluding hydrogens is 325 g/mol. The van der Waals surface area contributed by atoms with Gasteiger partial charge in [0, 0.05) is 24.0 Å². The number of nitro benzene ring substituents is 1. The molecule has 7 nitrogen and oxygen atoms in total. The van der Waals surface area contributed by atoms with Crippen molar-refractivity contribution in [1.29, 1.82) is 5.26 Å². The molecule has 0 fully saturated rings. The first-order chi connectivity index (χ1) is 12.1. The van der Waals surface area contributed by atoms with Crippen LogP contribution in [-0.2, 0) is 0 Å². The summed E-state index contributed by atoms with van der Waals surface area (Å²) in [5, 5.41) is 19.8. The van der Waals surface area contributed by atoms with E-state index in [0.29, 0.717) is 11.3 Å². The van der Waals surface area contributed by atoms with Crippen molar-refractivity contribution in [2.24, 2.45) is 4.99 Å². The van der Waals surface area contributed by atoms with E-state index in [0.717, 1.165) is 0 Å². The third-order valence-electron chi connectivity index (χ3n) is 3.39. The van der Waals surface area contributed by atoms with E-state index >= 15 is 0 Å². The Labute approximate surface area is 141 Å². The number of nitriles is 1. The molecule has 25 heavy (non-hydrogen) atoms. The number of nitro groups is 1. The van der Waals surface area contributed by atoms with Gasteiger partial charge < -0.3 is 0 Å². The average molecular weight is 335 g/mol. The minimum Gasteiger partial charge on any atom is -0.283 e. The van der Waals surface area contributed by atoms with Crippen LogP contribution in [0.25, 0.3) is 5.69 Å². The number of imidazole rings is 1. The van der Waals surface area contributed by atoms with Gasteiger partial charge in [0.25, 0.3) is 5.69 Å². The van der Waals surface area contributed by atoms with Crippen LogP contribution >= 0.6 is 0 Å². The summed E-state index contributed by atoms with van der Waals surface area (Å²) in [6, 6.07) is 13.5. The Morgan fingerprint density at radius 2 is 1.88 bits per heavy atom. The second-order valence-corrected chi connectivity index (χ2v) is 4.98. The summed E-state index contributed by atoms with van der Waals surface area (Å²) in [6.45, 7) is 0. The number of aliphatic imine (C=N–C) groups is 1. The molecule has 8 heteroatoms. The lowest BCUT2D eigenvalue weighted by atomic mass is 10.2. The molecule has 0 aliphatic heterocycles. The van der Waals surface area contributed by atoms with Crippen LogP contribution < -0.4 is 0 Å². The maximum Gasteiger partial charge on any atom is 0.269 e. The van der Waals surface area contributed by atoms with Crippen molar-refractivity contribution in [1.82, 2.24) is 9.55 Å². The number of hydrogen-bond donors (Lipinski definition) is 0. The van der Waals surface area contributed by atoms with Gasteiger partial charge in [0.05, 0.1) is 4.92 Å². The van der Waals surface area contributed by atoms with E-state index in [1.165, 1.54) is 36.8 Å². The number of aromatic nitrogens is 2. The van der Waals surface area contributed by atoms with Gasteiger partial charge in [-0.05, 0) is 42.0 Å². The Morgan fingerprint density at radius 1 is 1.20 bits per heavy atom. The van der Waals surface area contributed by atoms with Crippen LogP contribution in [0.2, 0.25) is 0 Å². The van der Waals surface area contributed by atoms with E-state index in [1.807, 2.05) is 6.07 Å². The van der Waals surface area contributed by atoms with Gasteiger partial charge in [-0.2, -0.15) is 5.26 Å². The van der Waals surface area contributed by atoms with E-state index in [-0.39, 0.29) is 23.0 Å². The predicted octanol–water partition coefficient (Wildman–Crippen LogP) is 3.54. The Hall–Kier alpha value is -3.86. The zero-order valence-corrected chi connectivity index (χ0v) is 12.7. The molecule has 3 rings (SSSR count). The highest BCUT2D eigenvalue weighted by Crippen LogP contribution is 2.23. The number of nitrogens with zero attached hydrogens (tertiary/aromatic N) is 5. The van der Waals surface area contributed by atoms with Crippen molar-refractivity contribution >= 4 is 17.7 Å². The zero-order chi connectivity index (χ0) is 17.8. The van der Waals surface area contributed by atoms with Crippen LogP contribution in [0, 0.1) is 27.3 Å². The fourth-order valence-corrected chi connectivity index (χ4v) is 2.15. The van der Waals surface area contributed by atoms with Crippen molar-refractivity contribution in [2.45, 2.75) is 0 Å². The smallest absolute Gasteiger partial charge is 0.269 e. The normalized spacial score (nSPS) is 10.7. The first kappa shape index (κ1) is 16.0. The molecule has 1 heterocycles. The number of hydrogen-bond acceptors (Lipinski definition) is 5. The van der Waals surface area contributed by atoms with E-state index in [9.17, 15) is 19.8 Å². The highest BCUT2D eigenvalue weighted by Gasteiger charge is 2.11. The number of halogens is 1. The number of benzene rings is 2. The predicted molar refractivity (Wildman–Crippen MR) is 88.6 cm³/mol. The fraction of sp³-hybridized carbons (Fsp3) is 0. The second kappa shape index (κ2) is 6.72. The summed E-state index contributed by atoms with van der Waals surface area (Å²) in [7, 11) is 0. The van der Waals surface area contributed by atoms with Gasteiger partial charge >= 0.3 is 0 Å². The van der Waals surface area contributed by atoms with Gasteiger partial charge in [-0.3, -0.25) is 14.7 Å². The molecule has 1 aromatic heterocycles. The molecule has 0 saturated heterocycles. The van der Waals surface area contributed by atoms with Gasteiger partial charge in [0.15, 0.2) is 11.5 Å². The second-order valence-electron chi connectivity index (χ2n) is 4.98. The highest BCUT2D eigenvalue weighted by atomic mass is 19.1. The number of rotatable bonds is 4. The Morgan fingerprint density at radius 3 is 2.48 bits per heavy atom. The molecule has 0 aliphatic carbocycles. The van der Waals surface area contributed by atoms with Crippen LogP contribution in [0.3, 0.4) is 0 Å². The monoisotopic (exact) mass is 335 g/mol. The maximum absolute atomic E-state index is 13.1. The van der Waals surface area contributed by atoms with Crippen LogP contribution in [0.5, 0.6) is 0 Å². The van der Waals surface area contributed by atoms with Crippen molar-refractivity contribution < 1.29 is 9.31 Å². The lowest BCUT2D eigenvalue weighted by molar-refractivity contribution is -0.384. The molecule has 0 saturated carbocycles. The molecule has 0 atom stereocenters. The molecule has 3 aromatic rings. The average Bonchev–Trinajstić information content (AvgIpc) is 3.04. The van der Waals surface area contributed by atoms with Crippen LogP contribution in [0.4, 0.5) is 15.9 Å². The largest absolute Gasteiger partial charge is 0.283 e. The minimum atomic E-state index is -0.488. The topological polar surface area (TPSA) is 97.1 Å². The SMILES string of the molecule is N#Cc1ncn(-c2ccc(F)cc2)c1N=Cc1ccc([N+](=O)[O-])cc1. The lowest BCUT2D eigenvalue weighted by Crippen LogP contribution is -1.93. The van der Waals surface area contributed by atoms with Gasteiger partial charge in [-0.25, -0.2) is 14.4 Å². The highest BCUT2D eigenvalue weighted by molar-refractivity contribution is 5.82. The summed E-state index contributed by atoms with van der Waals surface area (Å²) in [5.74, 6) is -0.0900. The van der Waals surface area contributed by atoms with E-state index in [4.69, 9.17) is 0 Å². The molecule has 122 valence electrons. The fourth-order valence-electron chi connectivity index (χ4n) is 2.15. The van der Waals surface area contributed by atoms with Crippen molar-refractivity contribution in [3.8, 4) is 11.8 Å². The molecule has 2 aromatic carbocycles. The zero-order valence-electron chi connectivity index (χ0n) is 12.7. The van der Waals surface area contributed by atoms with Crippen LogP contribution in [0.1, 0.15) is 11.3 Å². The minimum absolute atomic E-state index is 0.0220. The Kier molecular flexibility index (Phi) is 4.30. The van der Waals surface area contributed by atoms with E-state index < -0.39 is 4.92 Å². The first-order valence-electron chi connectivity index (χ1n) is 7.10. The van der Waals surface area contributed by atoms with Crippen LogP contribution in [-0.4, -0.2) is 20.7 Å². The van der Waals surface area contributed by atoms with Crippen molar-refractivity contribution in [2.75, 3.05) is 0 Å².